The lowest BCUT2D eigenvalue weighted by Crippen LogP contribution is -2.45. The van der Waals surface area contributed by atoms with Crippen LogP contribution in [0.15, 0.2) is 24.3 Å². The van der Waals surface area contributed by atoms with Crippen LogP contribution in [0.1, 0.15) is 37.3 Å². The van der Waals surface area contributed by atoms with Crippen molar-refractivity contribution < 1.29 is 9.53 Å². The van der Waals surface area contributed by atoms with E-state index in [4.69, 9.17) is 4.74 Å². The van der Waals surface area contributed by atoms with E-state index in [0.29, 0.717) is 6.61 Å². The van der Waals surface area contributed by atoms with Gasteiger partial charge in [0.1, 0.15) is 5.75 Å². The smallest absolute Gasteiger partial charge is 0.237 e. The average molecular weight is 260 g/mol. The maximum Gasteiger partial charge on any atom is 0.237 e. The molecule has 0 bridgehead atoms. The first-order valence-electron chi connectivity index (χ1n) is 7.10. The maximum atomic E-state index is 12.0. The van der Waals surface area contributed by atoms with Gasteiger partial charge in [0.25, 0.3) is 0 Å². The molecule has 2 aliphatic heterocycles. The molecule has 0 spiro atoms. The SMILES string of the molecule is O=C1NCCCCC1NC1CCOc2ccccc21. The van der Waals surface area contributed by atoms with Crippen molar-refractivity contribution in [3.05, 3.63) is 29.8 Å². The third-order valence-electron chi connectivity index (χ3n) is 3.90. The Bertz CT molecular complexity index is 461. The number of amides is 1. The second-order valence-corrected chi connectivity index (χ2v) is 5.23. The molecule has 3 rings (SSSR count). The molecule has 2 heterocycles. The van der Waals surface area contributed by atoms with E-state index in [2.05, 4.69) is 16.7 Å². The summed E-state index contributed by atoms with van der Waals surface area (Å²) in [6.07, 6.45) is 4.02. The van der Waals surface area contributed by atoms with Crippen LogP contribution >= 0.6 is 0 Å². The summed E-state index contributed by atoms with van der Waals surface area (Å²) >= 11 is 0. The van der Waals surface area contributed by atoms with Crippen LogP contribution < -0.4 is 15.4 Å². The molecule has 0 aromatic heterocycles. The van der Waals surface area contributed by atoms with Crippen LogP contribution in [-0.2, 0) is 4.79 Å². The second kappa shape index (κ2) is 5.61. The van der Waals surface area contributed by atoms with Gasteiger partial charge >= 0.3 is 0 Å². The molecule has 2 unspecified atom stereocenters. The maximum absolute atomic E-state index is 12.0. The van der Waals surface area contributed by atoms with E-state index in [1.165, 1.54) is 5.56 Å². The summed E-state index contributed by atoms with van der Waals surface area (Å²) in [5, 5.41) is 6.49. The van der Waals surface area contributed by atoms with Crippen molar-refractivity contribution in [2.45, 2.75) is 37.8 Å². The van der Waals surface area contributed by atoms with Crippen LogP contribution in [0.5, 0.6) is 5.75 Å². The van der Waals surface area contributed by atoms with Crippen LogP contribution in [0.25, 0.3) is 0 Å². The molecule has 1 saturated heterocycles. The van der Waals surface area contributed by atoms with Crippen molar-refractivity contribution in [1.29, 1.82) is 0 Å². The number of fused-ring (bicyclic) bond motifs is 1. The fraction of sp³-hybridized carbons (Fsp3) is 0.533. The van der Waals surface area contributed by atoms with Gasteiger partial charge in [-0.3, -0.25) is 10.1 Å². The fourth-order valence-corrected chi connectivity index (χ4v) is 2.86. The van der Waals surface area contributed by atoms with E-state index in [1.807, 2.05) is 18.2 Å². The molecule has 1 amide bonds. The summed E-state index contributed by atoms with van der Waals surface area (Å²) in [4.78, 5) is 12.0. The Labute approximate surface area is 113 Å². The number of hydrogen-bond acceptors (Lipinski definition) is 3. The van der Waals surface area contributed by atoms with E-state index in [-0.39, 0.29) is 18.0 Å². The third-order valence-corrected chi connectivity index (χ3v) is 3.90. The van der Waals surface area contributed by atoms with Crippen molar-refractivity contribution in [1.82, 2.24) is 10.6 Å². The molecule has 4 nitrogen and oxygen atoms in total. The summed E-state index contributed by atoms with van der Waals surface area (Å²) < 4.78 is 5.65. The minimum Gasteiger partial charge on any atom is -0.493 e. The molecule has 2 N–H and O–H groups in total. The molecular formula is C15H20N2O2. The molecular weight excluding hydrogens is 240 g/mol. The van der Waals surface area contributed by atoms with Gasteiger partial charge in [0.2, 0.25) is 5.91 Å². The van der Waals surface area contributed by atoms with Gasteiger partial charge in [-0.1, -0.05) is 18.2 Å². The van der Waals surface area contributed by atoms with E-state index >= 15 is 0 Å². The number of para-hydroxylation sites is 1. The van der Waals surface area contributed by atoms with Crippen LogP contribution in [0.4, 0.5) is 0 Å². The highest BCUT2D eigenvalue weighted by Crippen LogP contribution is 2.32. The van der Waals surface area contributed by atoms with Gasteiger partial charge in [-0.2, -0.15) is 0 Å². The van der Waals surface area contributed by atoms with Gasteiger partial charge in [-0.25, -0.2) is 0 Å². The standard InChI is InChI=1S/C15H20N2O2/c18-15-13(6-3-4-9-16-15)17-12-8-10-19-14-7-2-1-5-11(12)14/h1-2,5,7,12-13,17H,3-4,6,8-10H2,(H,16,18). The van der Waals surface area contributed by atoms with Gasteiger partial charge in [-0.15, -0.1) is 0 Å². The fourth-order valence-electron chi connectivity index (χ4n) is 2.86. The van der Waals surface area contributed by atoms with Crippen molar-refractivity contribution in [2.75, 3.05) is 13.2 Å². The van der Waals surface area contributed by atoms with Gasteiger partial charge in [0.15, 0.2) is 0 Å². The first-order valence-corrected chi connectivity index (χ1v) is 7.10. The van der Waals surface area contributed by atoms with Crippen LogP contribution in [0, 0.1) is 0 Å². The van der Waals surface area contributed by atoms with Crippen LogP contribution in [-0.4, -0.2) is 25.1 Å². The molecule has 1 aromatic carbocycles. The summed E-state index contributed by atoms with van der Waals surface area (Å²) in [5.41, 5.74) is 1.17. The predicted molar refractivity (Wildman–Crippen MR) is 73.1 cm³/mol. The zero-order valence-corrected chi connectivity index (χ0v) is 11.0. The topological polar surface area (TPSA) is 50.4 Å². The van der Waals surface area contributed by atoms with Gasteiger partial charge < -0.3 is 10.1 Å². The minimum atomic E-state index is -0.0707. The monoisotopic (exact) mass is 260 g/mol. The van der Waals surface area contributed by atoms with Gasteiger partial charge in [0.05, 0.1) is 12.6 Å². The molecule has 2 atom stereocenters. The lowest BCUT2D eigenvalue weighted by atomic mass is 9.98. The van der Waals surface area contributed by atoms with E-state index in [1.54, 1.807) is 0 Å². The van der Waals surface area contributed by atoms with E-state index in [0.717, 1.165) is 38.0 Å². The molecule has 102 valence electrons. The molecule has 2 aliphatic rings. The summed E-state index contributed by atoms with van der Waals surface area (Å²) in [7, 11) is 0. The summed E-state index contributed by atoms with van der Waals surface area (Å²) in [5.74, 6) is 1.08. The second-order valence-electron chi connectivity index (χ2n) is 5.23. The van der Waals surface area contributed by atoms with Crippen molar-refractivity contribution in [3.8, 4) is 5.75 Å². The summed E-state index contributed by atoms with van der Waals surface area (Å²) in [6.45, 7) is 1.52. The number of rotatable bonds is 2. The molecule has 19 heavy (non-hydrogen) atoms. The molecule has 0 aliphatic carbocycles. The Hall–Kier alpha value is -1.55. The van der Waals surface area contributed by atoms with Crippen LogP contribution in [0.3, 0.4) is 0 Å². The van der Waals surface area contributed by atoms with Crippen molar-refractivity contribution >= 4 is 5.91 Å². The van der Waals surface area contributed by atoms with Gasteiger partial charge in [0, 0.05) is 24.6 Å². The highest BCUT2D eigenvalue weighted by Gasteiger charge is 2.27. The first kappa shape index (κ1) is 12.5. The summed E-state index contributed by atoms with van der Waals surface area (Å²) in [6, 6.07) is 8.24. The van der Waals surface area contributed by atoms with E-state index < -0.39 is 0 Å². The van der Waals surface area contributed by atoms with Crippen LogP contribution in [0.2, 0.25) is 0 Å². The largest absolute Gasteiger partial charge is 0.493 e. The van der Waals surface area contributed by atoms with Crippen molar-refractivity contribution in [2.24, 2.45) is 0 Å². The number of carbonyl (C=O) groups is 1. The predicted octanol–water partition coefficient (Wildman–Crippen LogP) is 1.77. The molecule has 0 radical (unpaired) electrons. The average Bonchev–Trinajstić information content (AvgIpc) is 2.65. The molecule has 0 saturated carbocycles. The zero-order valence-electron chi connectivity index (χ0n) is 11.0. The Morgan fingerprint density at radius 3 is 3.00 bits per heavy atom. The number of carbonyl (C=O) groups excluding carboxylic acids is 1. The highest BCUT2D eigenvalue weighted by atomic mass is 16.5. The molecule has 1 aromatic rings. The Morgan fingerprint density at radius 2 is 2.05 bits per heavy atom. The Kier molecular flexibility index (Phi) is 3.69. The van der Waals surface area contributed by atoms with E-state index in [9.17, 15) is 4.79 Å². The molecule has 1 fully saturated rings. The third kappa shape index (κ3) is 2.73. The lowest BCUT2D eigenvalue weighted by Gasteiger charge is -2.29. The first-order chi connectivity index (χ1) is 9.34. The Balaban J connectivity index is 1.75. The Morgan fingerprint density at radius 1 is 1.16 bits per heavy atom. The normalized spacial score (nSPS) is 26.8. The highest BCUT2D eigenvalue weighted by molar-refractivity contribution is 5.82. The van der Waals surface area contributed by atoms with Gasteiger partial charge in [-0.05, 0) is 25.3 Å². The number of ether oxygens (including phenoxy) is 1. The number of nitrogens with one attached hydrogen (secondary N) is 2. The number of benzene rings is 1. The molecule has 4 heteroatoms. The quantitative estimate of drug-likeness (QED) is 0.852. The minimum absolute atomic E-state index is 0.0707. The lowest BCUT2D eigenvalue weighted by molar-refractivity contribution is -0.123. The zero-order chi connectivity index (χ0) is 13.1. The van der Waals surface area contributed by atoms with Crippen molar-refractivity contribution in [3.63, 3.8) is 0 Å². The number of hydrogen-bond donors (Lipinski definition) is 2.